The maximum Gasteiger partial charge on any atom is 0.306 e. The Morgan fingerprint density at radius 2 is 0.494 bits per heavy atom. The lowest BCUT2D eigenvalue weighted by atomic mass is 10.1. The number of carbonyl (C=O) groups is 3. The first-order chi connectivity index (χ1) is 39.0. The Balaban J connectivity index is 4.45. The van der Waals surface area contributed by atoms with E-state index in [2.05, 4.69) is 191 Å². The van der Waals surface area contributed by atoms with Crippen molar-refractivity contribution in [1.82, 2.24) is 0 Å². The van der Waals surface area contributed by atoms with E-state index in [1.807, 2.05) is 0 Å². The number of hydrogen-bond acceptors (Lipinski definition) is 6. The van der Waals surface area contributed by atoms with E-state index in [9.17, 15) is 14.4 Å². The Morgan fingerprint density at radius 3 is 0.785 bits per heavy atom. The summed E-state index contributed by atoms with van der Waals surface area (Å²) in [6.45, 7) is 6.31. The highest BCUT2D eigenvalue weighted by Crippen LogP contribution is 2.13. The van der Waals surface area contributed by atoms with Crippen LogP contribution < -0.4 is 0 Å². The minimum Gasteiger partial charge on any atom is -0.462 e. The number of carbonyl (C=O) groups excluding carboxylic acids is 3. The van der Waals surface area contributed by atoms with Gasteiger partial charge < -0.3 is 14.2 Å². The van der Waals surface area contributed by atoms with Crippen molar-refractivity contribution in [2.45, 2.75) is 258 Å². The molecule has 0 aromatic rings. The van der Waals surface area contributed by atoms with Crippen LogP contribution in [0.2, 0.25) is 0 Å². The van der Waals surface area contributed by atoms with Crippen LogP contribution in [0.4, 0.5) is 0 Å². The molecule has 0 aromatic carbocycles. The molecule has 0 radical (unpaired) electrons. The van der Waals surface area contributed by atoms with Gasteiger partial charge in [0.1, 0.15) is 13.2 Å². The van der Waals surface area contributed by atoms with E-state index >= 15 is 0 Å². The number of allylic oxidation sites excluding steroid dienone is 28. The lowest BCUT2D eigenvalue weighted by Crippen LogP contribution is -2.30. The van der Waals surface area contributed by atoms with E-state index in [0.29, 0.717) is 19.3 Å². The van der Waals surface area contributed by atoms with Crippen molar-refractivity contribution in [2.24, 2.45) is 0 Å². The molecule has 0 aromatic heterocycles. The summed E-state index contributed by atoms with van der Waals surface area (Å²) in [5, 5.41) is 0. The standard InChI is InChI=1S/C73H114O6/c1-4-7-10-13-16-19-22-25-27-29-31-32-33-34-35-36-37-38-39-40-42-43-45-48-51-54-57-60-63-66-72(75)78-69-70(68-77-71(74)65-62-59-56-53-50-47-24-21-18-15-12-9-6-3)79-73(76)67-64-61-58-55-52-49-46-44-41-30-28-26-23-20-17-14-11-8-5-2/h7,9-10,12,16-21,25-28,31-32,34-35,37-38,40-42,44-45,47-48,50,70H,4-6,8,11,13-15,22-24,29-30,33,36,39,43,46,49,51-69H2,1-3H3/b10-7-,12-9-,19-16-,20-17-,21-18-,27-25-,28-26-,32-31-,35-34-,38-37-,42-40-,44-41-,48-45-,50-47-. The van der Waals surface area contributed by atoms with Gasteiger partial charge in [-0.15, -0.1) is 0 Å². The molecule has 1 atom stereocenters. The Kier molecular flexibility index (Phi) is 61.0. The van der Waals surface area contributed by atoms with Crippen molar-refractivity contribution in [1.29, 1.82) is 0 Å². The number of hydrogen-bond donors (Lipinski definition) is 0. The van der Waals surface area contributed by atoms with Gasteiger partial charge in [-0.2, -0.15) is 0 Å². The predicted molar refractivity (Wildman–Crippen MR) is 343 cm³/mol. The zero-order valence-corrected chi connectivity index (χ0v) is 50.6. The zero-order chi connectivity index (χ0) is 57.1. The van der Waals surface area contributed by atoms with E-state index < -0.39 is 6.10 Å². The molecule has 0 heterocycles. The maximum atomic E-state index is 12.9. The van der Waals surface area contributed by atoms with Crippen LogP contribution >= 0.6 is 0 Å². The van der Waals surface area contributed by atoms with Gasteiger partial charge in [0.2, 0.25) is 0 Å². The highest BCUT2D eigenvalue weighted by atomic mass is 16.6. The first-order valence-corrected chi connectivity index (χ1v) is 31.6. The molecule has 1 unspecified atom stereocenters. The third-order valence-electron chi connectivity index (χ3n) is 12.7. The quantitative estimate of drug-likeness (QED) is 0.0261. The molecular weight excluding hydrogens is 973 g/mol. The Labute approximate surface area is 485 Å². The predicted octanol–water partition coefficient (Wildman–Crippen LogP) is 21.9. The van der Waals surface area contributed by atoms with Gasteiger partial charge >= 0.3 is 17.9 Å². The van der Waals surface area contributed by atoms with Gasteiger partial charge in [0.25, 0.3) is 0 Å². The summed E-state index contributed by atoms with van der Waals surface area (Å²) in [6, 6.07) is 0. The van der Waals surface area contributed by atoms with Crippen molar-refractivity contribution in [3.63, 3.8) is 0 Å². The molecule has 0 aliphatic rings. The highest BCUT2D eigenvalue weighted by molar-refractivity contribution is 5.71. The van der Waals surface area contributed by atoms with E-state index in [0.717, 1.165) is 173 Å². The van der Waals surface area contributed by atoms with Crippen molar-refractivity contribution < 1.29 is 28.6 Å². The van der Waals surface area contributed by atoms with Crippen LogP contribution in [0.25, 0.3) is 0 Å². The molecule has 0 aliphatic carbocycles. The number of unbranched alkanes of at least 4 members (excludes halogenated alkanes) is 16. The largest absolute Gasteiger partial charge is 0.462 e. The first kappa shape index (κ1) is 73.8. The summed E-state index contributed by atoms with van der Waals surface area (Å²) in [7, 11) is 0. The summed E-state index contributed by atoms with van der Waals surface area (Å²) in [5.74, 6) is -0.986. The third kappa shape index (κ3) is 63.5. The summed E-state index contributed by atoms with van der Waals surface area (Å²) >= 11 is 0. The highest BCUT2D eigenvalue weighted by Gasteiger charge is 2.19. The van der Waals surface area contributed by atoms with Crippen LogP contribution in [-0.4, -0.2) is 37.2 Å². The molecule has 0 spiro atoms. The van der Waals surface area contributed by atoms with E-state index in [1.165, 1.54) is 38.5 Å². The molecule has 6 heteroatoms. The second-order valence-corrected chi connectivity index (χ2v) is 20.2. The SMILES string of the molecule is CC/C=C\C/C=C\C/C=C\C/C=C\C/C=C\C/C=C\C/C=C\C/C=C\CCCCCCC(=O)OCC(COC(=O)CCCCC/C=C\C/C=C\C/C=C\CC)OC(=O)CCCCCCCC/C=C\C/C=C\C/C=C\CCCCC. The van der Waals surface area contributed by atoms with Crippen LogP contribution in [-0.2, 0) is 28.6 Å². The second-order valence-electron chi connectivity index (χ2n) is 20.2. The van der Waals surface area contributed by atoms with Gasteiger partial charge in [0.15, 0.2) is 6.10 Å². The lowest BCUT2D eigenvalue weighted by molar-refractivity contribution is -0.167. The van der Waals surface area contributed by atoms with E-state index in [-0.39, 0.29) is 31.1 Å². The van der Waals surface area contributed by atoms with Crippen LogP contribution in [0.15, 0.2) is 170 Å². The molecule has 6 nitrogen and oxygen atoms in total. The fourth-order valence-electron chi connectivity index (χ4n) is 8.01. The Morgan fingerprint density at radius 1 is 0.266 bits per heavy atom. The topological polar surface area (TPSA) is 78.9 Å². The second kappa shape index (κ2) is 65.3. The van der Waals surface area contributed by atoms with Crippen LogP contribution in [0, 0.1) is 0 Å². The molecule has 0 N–H and O–H groups in total. The summed E-state index contributed by atoms with van der Waals surface area (Å²) in [5.41, 5.74) is 0. The first-order valence-electron chi connectivity index (χ1n) is 31.6. The number of ether oxygens (including phenoxy) is 3. The molecule has 0 saturated carbocycles. The van der Waals surface area contributed by atoms with Crippen LogP contribution in [0.5, 0.6) is 0 Å². The summed E-state index contributed by atoms with van der Waals surface area (Å²) in [4.78, 5) is 38.3. The zero-order valence-electron chi connectivity index (χ0n) is 50.6. The molecule has 0 amide bonds. The molecule has 0 bridgehead atoms. The minimum absolute atomic E-state index is 0.114. The van der Waals surface area contributed by atoms with Gasteiger partial charge in [0.05, 0.1) is 0 Å². The van der Waals surface area contributed by atoms with Crippen LogP contribution in [0.3, 0.4) is 0 Å². The fraction of sp³-hybridized carbons (Fsp3) is 0.575. The van der Waals surface area contributed by atoms with Gasteiger partial charge in [-0.1, -0.05) is 249 Å². The third-order valence-corrected chi connectivity index (χ3v) is 12.7. The average molecular weight is 1090 g/mol. The maximum absolute atomic E-state index is 12.9. The monoisotopic (exact) mass is 1090 g/mol. The normalized spacial score (nSPS) is 13.3. The van der Waals surface area contributed by atoms with Crippen molar-refractivity contribution in [3.8, 4) is 0 Å². The molecule has 442 valence electrons. The van der Waals surface area contributed by atoms with Crippen molar-refractivity contribution in [3.05, 3.63) is 170 Å². The van der Waals surface area contributed by atoms with E-state index in [4.69, 9.17) is 14.2 Å². The molecule has 0 rings (SSSR count). The molecule has 79 heavy (non-hydrogen) atoms. The minimum atomic E-state index is -0.818. The summed E-state index contributed by atoms with van der Waals surface area (Å²) in [6.07, 6.45) is 96.4. The molecule has 0 aliphatic heterocycles. The van der Waals surface area contributed by atoms with E-state index in [1.54, 1.807) is 0 Å². The van der Waals surface area contributed by atoms with Gasteiger partial charge in [-0.05, 0) is 154 Å². The number of esters is 3. The van der Waals surface area contributed by atoms with Gasteiger partial charge in [0, 0.05) is 19.3 Å². The molecular formula is C73H114O6. The van der Waals surface area contributed by atoms with Crippen molar-refractivity contribution >= 4 is 17.9 Å². The summed E-state index contributed by atoms with van der Waals surface area (Å²) < 4.78 is 16.8. The Hall–Kier alpha value is -5.23. The number of rotatable bonds is 55. The fourth-order valence-corrected chi connectivity index (χ4v) is 8.01. The smallest absolute Gasteiger partial charge is 0.306 e. The lowest BCUT2D eigenvalue weighted by Gasteiger charge is -2.18. The van der Waals surface area contributed by atoms with Crippen molar-refractivity contribution in [2.75, 3.05) is 13.2 Å². The van der Waals surface area contributed by atoms with Crippen LogP contribution in [0.1, 0.15) is 252 Å². The Bertz CT molecular complexity index is 1820. The molecule has 0 saturated heterocycles. The average Bonchev–Trinajstić information content (AvgIpc) is 3.45. The van der Waals surface area contributed by atoms with Gasteiger partial charge in [-0.3, -0.25) is 14.4 Å². The molecule has 0 fully saturated rings. The van der Waals surface area contributed by atoms with Gasteiger partial charge in [-0.25, -0.2) is 0 Å².